The molecule has 6 rings (SSSR count). The SMILES string of the molecule is O=C(Nc1cc2ccccc2cc1CNC1CCN(C(=O)c2ccccc2)CC1)C(c1cccc2ccccc12)P(=O)(O)O. The van der Waals surface area contributed by atoms with Gasteiger partial charge in [-0.1, -0.05) is 84.9 Å². The Morgan fingerprint density at radius 3 is 2.11 bits per heavy atom. The molecule has 0 aliphatic carbocycles. The lowest BCUT2D eigenvalue weighted by Gasteiger charge is -2.33. The molecule has 1 heterocycles. The smallest absolute Gasteiger partial charge is 0.339 e. The summed E-state index contributed by atoms with van der Waals surface area (Å²) in [6.07, 6.45) is 1.57. The van der Waals surface area contributed by atoms with E-state index in [9.17, 15) is 23.9 Å². The Bertz CT molecular complexity index is 1860. The fourth-order valence-electron chi connectivity index (χ4n) is 6.02. The van der Waals surface area contributed by atoms with Crippen molar-refractivity contribution in [1.29, 1.82) is 0 Å². The first-order chi connectivity index (χ1) is 21.3. The largest absolute Gasteiger partial charge is 0.342 e. The molecule has 4 N–H and O–H groups in total. The number of carbonyl (C=O) groups is 2. The Morgan fingerprint density at radius 1 is 0.795 bits per heavy atom. The molecule has 5 aromatic rings. The predicted octanol–water partition coefficient (Wildman–Crippen LogP) is 6.24. The van der Waals surface area contributed by atoms with Gasteiger partial charge in [-0.25, -0.2) is 0 Å². The van der Waals surface area contributed by atoms with Gasteiger partial charge in [-0.05, 0) is 69.8 Å². The predicted molar refractivity (Wildman–Crippen MR) is 174 cm³/mol. The minimum absolute atomic E-state index is 0.0365. The molecule has 8 nitrogen and oxygen atoms in total. The maximum absolute atomic E-state index is 13.8. The maximum atomic E-state index is 13.8. The van der Waals surface area contributed by atoms with Crippen LogP contribution in [0.2, 0.25) is 0 Å². The van der Waals surface area contributed by atoms with Crippen LogP contribution in [-0.2, 0) is 15.9 Å². The highest BCUT2D eigenvalue weighted by Crippen LogP contribution is 2.53. The molecule has 0 saturated carbocycles. The molecule has 1 aliphatic heterocycles. The zero-order valence-electron chi connectivity index (χ0n) is 24.1. The standard InChI is InChI=1S/C35H34N3O5P/c39-34(33(44(41,42)43)31-16-8-14-24-9-6-7-15-30(24)31)37-32-22-27-13-5-4-12-26(27)21-28(32)23-36-29-17-19-38(20-18-29)35(40)25-10-2-1-3-11-25/h1-16,21-22,29,33,36H,17-20,23H2,(H,37,39)(H2,41,42,43). The van der Waals surface area contributed by atoms with Gasteiger partial charge in [0.25, 0.3) is 5.91 Å². The van der Waals surface area contributed by atoms with E-state index < -0.39 is 19.2 Å². The lowest BCUT2D eigenvalue weighted by atomic mass is 10.0. The molecule has 2 amide bonds. The number of hydrogen-bond donors (Lipinski definition) is 4. The number of rotatable bonds is 8. The van der Waals surface area contributed by atoms with Gasteiger partial charge < -0.3 is 25.3 Å². The van der Waals surface area contributed by atoms with Gasteiger partial charge in [0.15, 0.2) is 5.66 Å². The van der Waals surface area contributed by atoms with E-state index in [1.54, 1.807) is 24.3 Å². The van der Waals surface area contributed by atoms with Crippen LogP contribution in [0.25, 0.3) is 21.5 Å². The number of carbonyl (C=O) groups excluding carboxylic acids is 2. The summed E-state index contributed by atoms with van der Waals surface area (Å²) in [6.45, 7) is 1.72. The van der Waals surface area contributed by atoms with E-state index in [4.69, 9.17) is 0 Å². The lowest BCUT2D eigenvalue weighted by molar-refractivity contribution is -0.116. The van der Waals surface area contributed by atoms with Crippen molar-refractivity contribution in [2.75, 3.05) is 18.4 Å². The van der Waals surface area contributed by atoms with Crippen LogP contribution in [0.15, 0.2) is 109 Å². The van der Waals surface area contributed by atoms with Crippen LogP contribution >= 0.6 is 7.60 Å². The van der Waals surface area contributed by atoms with Crippen LogP contribution < -0.4 is 10.6 Å². The summed E-state index contributed by atoms with van der Waals surface area (Å²) in [5.74, 6) is -0.728. The molecule has 1 fully saturated rings. The van der Waals surface area contributed by atoms with Gasteiger partial charge in [0.1, 0.15) is 0 Å². The number of benzene rings is 5. The monoisotopic (exact) mass is 607 g/mol. The Hall–Kier alpha value is -4.33. The van der Waals surface area contributed by atoms with E-state index in [-0.39, 0.29) is 17.5 Å². The molecule has 0 aromatic heterocycles. The fourth-order valence-corrected chi connectivity index (χ4v) is 6.98. The summed E-state index contributed by atoms with van der Waals surface area (Å²) in [5, 5.41) is 9.77. The average Bonchev–Trinajstić information content (AvgIpc) is 3.03. The molecule has 5 aromatic carbocycles. The lowest BCUT2D eigenvalue weighted by Crippen LogP contribution is -2.44. The zero-order valence-corrected chi connectivity index (χ0v) is 25.0. The summed E-state index contributed by atoms with van der Waals surface area (Å²) in [6, 6.07) is 33.5. The average molecular weight is 608 g/mol. The minimum atomic E-state index is -4.89. The van der Waals surface area contributed by atoms with Gasteiger partial charge in [-0.3, -0.25) is 14.2 Å². The second-order valence-corrected chi connectivity index (χ2v) is 12.9. The molecule has 1 unspecified atom stereocenters. The number of anilines is 1. The number of piperidine rings is 1. The third-order valence-electron chi connectivity index (χ3n) is 8.32. The third kappa shape index (κ3) is 6.44. The van der Waals surface area contributed by atoms with E-state index in [2.05, 4.69) is 10.6 Å². The van der Waals surface area contributed by atoms with Gasteiger partial charge in [0.05, 0.1) is 0 Å². The highest BCUT2D eigenvalue weighted by atomic mass is 31.2. The van der Waals surface area contributed by atoms with Crippen LogP contribution in [0.4, 0.5) is 5.69 Å². The Balaban J connectivity index is 1.22. The first-order valence-corrected chi connectivity index (χ1v) is 16.4. The molecule has 0 bridgehead atoms. The van der Waals surface area contributed by atoms with Crippen molar-refractivity contribution >= 4 is 46.6 Å². The molecule has 1 atom stereocenters. The van der Waals surface area contributed by atoms with Gasteiger partial charge in [-0.2, -0.15) is 0 Å². The Morgan fingerprint density at radius 2 is 1.41 bits per heavy atom. The third-order valence-corrected chi connectivity index (χ3v) is 9.50. The molecular formula is C35H34N3O5P. The van der Waals surface area contributed by atoms with Crippen LogP contribution in [0.3, 0.4) is 0 Å². The normalized spacial score (nSPS) is 14.9. The molecule has 1 saturated heterocycles. The molecule has 9 heteroatoms. The molecule has 224 valence electrons. The van der Waals surface area contributed by atoms with Crippen molar-refractivity contribution in [3.8, 4) is 0 Å². The van der Waals surface area contributed by atoms with Crippen LogP contribution in [0.5, 0.6) is 0 Å². The zero-order chi connectivity index (χ0) is 30.7. The van der Waals surface area contributed by atoms with Crippen molar-refractivity contribution < 1.29 is 23.9 Å². The molecule has 1 aliphatic rings. The number of likely N-dealkylation sites (tertiary alicyclic amines) is 1. The van der Waals surface area contributed by atoms with Crippen LogP contribution in [0, 0.1) is 0 Å². The minimum Gasteiger partial charge on any atom is -0.339 e. The van der Waals surface area contributed by atoms with E-state index in [0.29, 0.717) is 36.3 Å². The Kier molecular flexibility index (Phi) is 8.60. The van der Waals surface area contributed by atoms with Crippen LogP contribution in [-0.4, -0.2) is 45.6 Å². The van der Waals surface area contributed by atoms with Gasteiger partial charge in [0.2, 0.25) is 5.91 Å². The number of nitrogens with zero attached hydrogens (tertiary/aromatic N) is 1. The summed E-state index contributed by atoms with van der Waals surface area (Å²) >= 11 is 0. The van der Waals surface area contributed by atoms with E-state index in [1.807, 2.05) is 89.8 Å². The Labute approximate surface area is 255 Å². The van der Waals surface area contributed by atoms with E-state index >= 15 is 0 Å². The first-order valence-electron chi connectivity index (χ1n) is 14.7. The summed E-state index contributed by atoms with van der Waals surface area (Å²) in [5.41, 5.74) is 0.602. The van der Waals surface area contributed by atoms with Crippen molar-refractivity contribution in [2.45, 2.75) is 31.1 Å². The quantitative estimate of drug-likeness (QED) is 0.155. The van der Waals surface area contributed by atoms with Gasteiger partial charge >= 0.3 is 7.60 Å². The number of amides is 2. The maximum Gasteiger partial charge on any atom is 0.342 e. The molecule has 0 spiro atoms. The summed E-state index contributed by atoms with van der Waals surface area (Å²) in [4.78, 5) is 49.3. The van der Waals surface area contributed by atoms with Crippen molar-refractivity contribution in [3.63, 3.8) is 0 Å². The molecular weight excluding hydrogens is 573 g/mol. The highest BCUT2D eigenvalue weighted by Gasteiger charge is 2.38. The summed E-state index contributed by atoms with van der Waals surface area (Å²) in [7, 11) is -4.89. The second-order valence-electron chi connectivity index (χ2n) is 11.2. The fraction of sp³-hybridized carbons (Fsp3) is 0.200. The van der Waals surface area contributed by atoms with E-state index in [1.165, 1.54) is 0 Å². The number of nitrogens with one attached hydrogen (secondary N) is 2. The van der Waals surface area contributed by atoms with Gasteiger partial charge in [-0.15, -0.1) is 0 Å². The molecule has 0 radical (unpaired) electrons. The van der Waals surface area contributed by atoms with Crippen LogP contribution in [0.1, 0.15) is 40.0 Å². The van der Waals surface area contributed by atoms with Gasteiger partial charge in [0, 0.05) is 36.9 Å². The van der Waals surface area contributed by atoms with E-state index in [0.717, 1.165) is 34.6 Å². The topological polar surface area (TPSA) is 119 Å². The summed E-state index contributed by atoms with van der Waals surface area (Å²) < 4.78 is 12.8. The highest BCUT2D eigenvalue weighted by molar-refractivity contribution is 7.53. The van der Waals surface area contributed by atoms with Crippen molar-refractivity contribution in [2.24, 2.45) is 0 Å². The number of fused-ring (bicyclic) bond motifs is 2. The van der Waals surface area contributed by atoms with Crippen molar-refractivity contribution in [1.82, 2.24) is 10.2 Å². The first kappa shape index (κ1) is 29.7. The van der Waals surface area contributed by atoms with Crippen molar-refractivity contribution in [3.05, 3.63) is 126 Å². The second kappa shape index (κ2) is 12.7. The molecule has 44 heavy (non-hydrogen) atoms. The number of hydrogen-bond acceptors (Lipinski definition) is 4.